The highest BCUT2D eigenvalue weighted by molar-refractivity contribution is 6.30. The van der Waals surface area contributed by atoms with Crippen LogP contribution in [0.2, 0.25) is 5.02 Å². The molecule has 40 heavy (non-hydrogen) atoms. The molecule has 0 saturated heterocycles. The molecular weight excluding hydrogens is 528 g/mol. The second kappa shape index (κ2) is 11.8. The zero-order valence-corrected chi connectivity index (χ0v) is 24.5. The lowest BCUT2D eigenvalue weighted by Gasteiger charge is -2.44. The number of hydrogen-bond donors (Lipinski definition) is 1. The Kier molecular flexibility index (Phi) is 8.68. The smallest absolute Gasteiger partial charge is 0.409 e. The number of alkyl carbamates (subject to hydrolysis) is 1. The molecule has 1 aliphatic rings. The summed E-state index contributed by atoms with van der Waals surface area (Å²) in [5.74, 6) is -0.690. The van der Waals surface area contributed by atoms with Crippen LogP contribution in [-0.2, 0) is 10.4 Å². The highest BCUT2D eigenvalue weighted by Crippen LogP contribution is 2.41. The van der Waals surface area contributed by atoms with E-state index in [-0.39, 0.29) is 11.5 Å². The third-order valence-electron chi connectivity index (χ3n) is 7.10. The fraction of sp³-hybridized carbons (Fsp3) is 0.419. The Morgan fingerprint density at radius 2 is 1.68 bits per heavy atom. The maximum absolute atomic E-state index is 14.3. The van der Waals surface area contributed by atoms with Gasteiger partial charge in [-0.05, 0) is 51.8 Å². The van der Waals surface area contributed by atoms with Crippen LogP contribution < -0.4 is 10.9 Å². The summed E-state index contributed by atoms with van der Waals surface area (Å²) in [5, 5.41) is 8.40. The SMILES string of the molecule is CN(C)C(=O)c1cc(-c2ccccc2)nn(C(NC(=O)OC(C)(C)C)(c2cccc(Cl)c2)C2CCCCC2)c1=O. The molecule has 1 atom stereocenters. The van der Waals surface area contributed by atoms with E-state index in [0.29, 0.717) is 16.3 Å². The number of benzene rings is 2. The van der Waals surface area contributed by atoms with Gasteiger partial charge in [0, 0.05) is 36.2 Å². The molecule has 1 unspecified atom stereocenters. The van der Waals surface area contributed by atoms with Gasteiger partial charge in [0.1, 0.15) is 11.2 Å². The predicted octanol–water partition coefficient (Wildman–Crippen LogP) is 6.07. The Labute approximate surface area is 240 Å². The third-order valence-corrected chi connectivity index (χ3v) is 7.34. The zero-order valence-electron chi connectivity index (χ0n) is 23.7. The van der Waals surface area contributed by atoms with Crippen LogP contribution in [0.3, 0.4) is 0 Å². The molecule has 3 aromatic rings. The first kappa shape index (κ1) is 29.3. The summed E-state index contributed by atoms with van der Waals surface area (Å²) in [7, 11) is 3.19. The van der Waals surface area contributed by atoms with E-state index in [0.717, 1.165) is 37.7 Å². The Morgan fingerprint density at radius 1 is 1.00 bits per heavy atom. The molecule has 1 fully saturated rings. The fourth-order valence-corrected chi connectivity index (χ4v) is 5.53. The largest absolute Gasteiger partial charge is 0.444 e. The fourth-order valence-electron chi connectivity index (χ4n) is 5.34. The molecule has 0 aliphatic heterocycles. The maximum atomic E-state index is 14.3. The van der Waals surface area contributed by atoms with Crippen LogP contribution in [-0.4, -0.2) is 46.4 Å². The molecule has 0 spiro atoms. The van der Waals surface area contributed by atoms with Gasteiger partial charge in [-0.1, -0.05) is 73.3 Å². The minimum absolute atomic E-state index is 0.0490. The number of halogens is 1. The number of ether oxygens (including phenoxy) is 1. The van der Waals surface area contributed by atoms with Gasteiger partial charge in [0.2, 0.25) is 0 Å². The number of hydrogen-bond acceptors (Lipinski definition) is 5. The van der Waals surface area contributed by atoms with Crippen LogP contribution in [0.1, 0.15) is 68.8 Å². The van der Waals surface area contributed by atoms with Crippen molar-refractivity contribution in [3.8, 4) is 11.3 Å². The molecule has 2 aromatic carbocycles. The summed E-state index contributed by atoms with van der Waals surface area (Å²) >= 11 is 6.50. The molecule has 0 radical (unpaired) electrons. The number of nitrogens with zero attached hydrogens (tertiary/aromatic N) is 3. The third kappa shape index (κ3) is 6.22. The van der Waals surface area contributed by atoms with Crippen LogP contribution in [0.4, 0.5) is 4.79 Å². The van der Waals surface area contributed by atoms with Crippen LogP contribution in [0, 0.1) is 5.92 Å². The molecule has 0 bridgehead atoms. The van der Waals surface area contributed by atoms with Crippen molar-refractivity contribution in [2.75, 3.05) is 14.1 Å². The normalized spacial score (nSPS) is 15.7. The van der Waals surface area contributed by atoms with Gasteiger partial charge in [-0.3, -0.25) is 14.9 Å². The van der Waals surface area contributed by atoms with Crippen molar-refractivity contribution in [2.24, 2.45) is 5.92 Å². The van der Waals surface area contributed by atoms with E-state index < -0.39 is 28.8 Å². The average Bonchev–Trinajstić information content (AvgIpc) is 2.91. The van der Waals surface area contributed by atoms with Crippen molar-refractivity contribution in [1.82, 2.24) is 20.0 Å². The lowest BCUT2D eigenvalue weighted by molar-refractivity contribution is 0.0280. The molecule has 212 valence electrons. The van der Waals surface area contributed by atoms with Crippen molar-refractivity contribution in [3.63, 3.8) is 0 Å². The summed E-state index contributed by atoms with van der Waals surface area (Å²) < 4.78 is 7.02. The quantitative estimate of drug-likeness (QED) is 0.392. The second-order valence-electron chi connectivity index (χ2n) is 11.5. The minimum atomic E-state index is -1.48. The highest BCUT2D eigenvalue weighted by atomic mass is 35.5. The van der Waals surface area contributed by atoms with Crippen molar-refractivity contribution in [3.05, 3.63) is 87.2 Å². The summed E-state index contributed by atoms with van der Waals surface area (Å²) in [6.45, 7) is 5.34. The summed E-state index contributed by atoms with van der Waals surface area (Å²) in [4.78, 5) is 42.6. The van der Waals surface area contributed by atoms with Gasteiger partial charge < -0.3 is 9.64 Å². The second-order valence-corrected chi connectivity index (χ2v) is 11.9. The number of carbonyl (C=O) groups excluding carboxylic acids is 2. The van der Waals surface area contributed by atoms with Crippen molar-refractivity contribution in [1.29, 1.82) is 0 Å². The minimum Gasteiger partial charge on any atom is -0.444 e. The van der Waals surface area contributed by atoms with E-state index in [1.165, 1.54) is 15.6 Å². The molecule has 1 aliphatic carbocycles. The molecule has 8 nitrogen and oxygen atoms in total. The standard InChI is InChI=1S/C31H37ClN4O4/c1-30(2,3)40-29(39)33-31(22-15-10-7-11-16-22,23-17-12-18-24(32)19-23)36-28(38)25(27(37)35(4)5)20-26(34-36)21-13-8-6-9-14-21/h6,8-9,12-14,17-20,22H,7,10-11,15-16H2,1-5H3,(H,33,39). The predicted molar refractivity (Wildman–Crippen MR) is 156 cm³/mol. The van der Waals surface area contributed by atoms with Crippen LogP contribution in [0.25, 0.3) is 11.3 Å². The van der Waals surface area contributed by atoms with Crippen LogP contribution in [0.15, 0.2) is 65.5 Å². The molecule has 1 heterocycles. The summed E-state index contributed by atoms with van der Waals surface area (Å²) in [6.07, 6.45) is 3.63. The zero-order chi connectivity index (χ0) is 29.1. The lowest BCUT2D eigenvalue weighted by atomic mass is 9.76. The van der Waals surface area contributed by atoms with Crippen molar-refractivity contribution >= 4 is 23.6 Å². The van der Waals surface area contributed by atoms with Gasteiger partial charge in [0.25, 0.3) is 11.5 Å². The van der Waals surface area contributed by atoms with E-state index in [1.807, 2.05) is 36.4 Å². The lowest BCUT2D eigenvalue weighted by Crippen LogP contribution is -2.61. The number of carbonyl (C=O) groups is 2. The van der Waals surface area contributed by atoms with Crippen LogP contribution >= 0.6 is 11.6 Å². The molecule has 1 aromatic heterocycles. The molecular formula is C31H37ClN4O4. The first-order valence-corrected chi connectivity index (χ1v) is 14.0. The number of nitrogens with one attached hydrogen (secondary N) is 1. The van der Waals surface area contributed by atoms with E-state index in [4.69, 9.17) is 21.4 Å². The van der Waals surface area contributed by atoms with Crippen molar-refractivity contribution < 1.29 is 14.3 Å². The monoisotopic (exact) mass is 564 g/mol. The van der Waals surface area contributed by atoms with E-state index >= 15 is 0 Å². The number of rotatable bonds is 6. The topological polar surface area (TPSA) is 93.5 Å². The average molecular weight is 565 g/mol. The Bertz CT molecular complexity index is 1430. The first-order valence-electron chi connectivity index (χ1n) is 13.6. The van der Waals surface area contributed by atoms with E-state index in [1.54, 1.807) is 53.1 Å². The van der Waals surface area contributed by atoms with Gasteiger partial charge >= 0.3 is 6.09 Å². The van der Waals surface area contributed by atoms with Gasteiger partial charge in [0.05, 0.1) is 5.69 Å². The maximum Gasteiger partial charge on any atom is 0.409 e. The molecule has 2 amide bonds. The molecule has 4 rings (SSSR count). The molecule has 1 N–H and O–H groups in total. The molecule has 1 saturated carbocycles. The highest BCUT2D eigenvalue weighted by Gasteiger charge is 2.47. The number of aromatic nitrogens is 2. The van der Waals surface area contributed by atoms with Gasteiger partial charge in [-0.25, -0.2) is 4.79 Å². The van der Waals surface area contributed by atoms with Gasteiger partial charge in [-0.15, -0.1) is 0 Å². The Hall–Kier alpha value is -3.65. The van der Waals surface area contributed by atoms with E-state index in [2.05, 4.69) is 5.32 Å². The first-order chi connectivity index (χ1) is 18.9. The molecule has 9 heteroatoms. The summed E-state index contributed by atoms with van der Waals surface area (Å²) in [5.41, 5.74) is -1.18. The van der Waals surface area contributed by atoms with Crippen LogP contribution in [0.5, 0.6) is 0 Å². The van der Waals surface area contributed by atoms with Gasteiger partial charge in [-0.2, -0.15) is 9.78 Å². The van der Waals surface area contributed by atoms with E-state index in [9.17, 15) is 14.4 Å². The Balaban J connectivity index is 2.10. The number of amides is 2. The Morgan fingerprint density at radius 3 is 2.27 bits per heavy atom. The van der Waals surface area contributed by atoms with Gasteiger partial charge in [0.15, 0.2) is 5.66 Å². The summed E-state index contributed by atoms with van der Waals surface area (Å²) in [6, 6.07) is 18.0. The van der Waals surface area contributed by atoms with Crippen molar-refractivity contribution in [2.45, 2.75) is 64.1 Å².